The summed E-state index contributed by atoms with van der Waals surface area (Å²) < 4.78 is 7.61. The van der Waals surface area contributed by atoms with Crippen molar-refractivity contribution in [3.05, 3.63) is 45.7 Å². The third kappa shape index (κ3) is 6.55. The van der Waals surface area contributed by atoms with E-state index in [1.807, 2.05) is 36.9 Å². The maximum Gasteiger partial charge on any atom is 0.191 e. The number of aryl methyl sites for hydroxylation is 2. The van der Waals surface area contributed by atoms with Gasteiger partial charge in [0, 0.05) is 43.0 Å². The van der Waals surface area contributed by atoms with Crippen LogP contribution in [0, 0.1) is 13.8 Å². The number of ether oxygens (including phenoxy) is 1. The topological polar surface area (TPSA) is 63.5 Å². The first-order valence-corrected chi connectivity index (χ1v) is 9.61. The number of rotatable bonds is 7. The molecule has 1 unspecified atom stereocenters. The van der Waals surface area contributed by atoms with Crippen LogP contribution in [-0.4, -0.2) is 35.4 Å². The SMILES string of the molecule is CCOc1cc(Cl)ccc1CNC(=NC)NC(C)Cc1c(C)nn(C)c1C.I. The minimum absolute atomic E-state index is 0. The summed E-state index contributed by atoms with van der Waals surface area (Å²) in [6.45, 7) is 9.46. The molecule has 0 aliphatic carbocycles. The van der Waals surface area contributed by atoms with Gasteiger partial charge in [-0.2, -0.15) is 5.10 Å². The molecule has 8 heteroatoms. The number of hydrogen-bond donors (Lipinski definition) is 2. The molecule has 0 aliphatic heterocycles. The number of benzene rings is 1. The lowest BCUT2D eigenvalue weighted by atomic mass is 10.1. The summed E-state index contributed by atoms with van der Waals surface area (Å²) in [4.78, 5) is 4.33. The highest BCUT2D eigenvalue weighted by Crippen LogP contribution is 2.23. The predicted octanol–water partition coefficient (Wildman–Crippen LogP) is 4.00. The van der Waals surface area contributed by atoms with E-state index in [1.54, 1.807) is 7.05 Å². The Labute approximate surface area is 190 Å². The molecule has 0 amide bonds. The maximum atomic E-state index is 6.07. The van der Waals surface area contributed by atoms with Gasteiger partial charge in [0.15, 0.2) is 5.96 Å². The Kier molecular flexibility index (Phi) is 10.1. The van der Waals surface area contributed by atoms with E-state index in [9.17, 15) is 0 Å². The van der Waals surface area contributed by atoms with Crippen molar-refractivity contribution >= 4 is 41.5 Å². The fourth-order valence-electron chi connectivity index (χ4n) is 3.04. The summed E-state index contributed by atoms with van der Waals surface area (Å²) in [7, 11) is 3.75. The second-order valence-electron chi connectivity index (χ2n) is 6.63. The molecule has 28 heavy (non-hydrogen) atoms. The molecule has 2 N–H and O–H groups in total. The van der Waals surface area contributed by atoms with Crippen LogP contribution in [0.15, 0.2) is 23.2 Å². The second kappa shape index (κ2) is 11.5. The lowest BCUT2D eigenvalue weighted by molar-refractivity contribution is 0.336. The second-order valence-corrected chi connectivity index (χ2v) is 7.07. The van der Waals surface area contributed by atoms with Gasteiger partial charge >= 0.3 is 0 Å². The van der Waals surface area contributed by atoms with E-state index >= 15 is 0 Å². The molecule has 0 saturated heterocycles. The molecule has 2 aromatic rings. The van der Waals surface area contributed by atoms with Crippen molar-refractivity contribution in [2.24, 2.45) is 12.0 Å². The first-order chi connectivity index (χ1) is 12.8. The van der Waals surface area contributed by atoms with Gasteiger partial charge in [0.25, 0.3) is 0 Å². The van der Waals surface area contributed by atoms with E-state index in [4.69, 9.17) is 16.3 Å². The van der Waals surface area contributed by atoms with Crippen LogP contribution in [0.3, 0.4) is 0 Å². The minimum atomic E-state index is 0. The van der Waals surface area contributed by atoms with Gasteiger partial charge in [-0.15, -0.1) is 24.0 Å². The van der Waals surface area contributed by atoms with Gasteiger partial charge in [-0.1, -0.05) is 17.7 Å². The standard InChI is InChI=1S/C20H30ClN5O.HI/c1-7-27-19-11-17(21)9-8-16(19)12-23-20(22-5)24-13(2)10-18-14(3)25-26(6)15(18)4;/h8-9,11,13H,7,10,12H2,1-6H3,(H2,22,23,24);1H. The van der Waals surface area contributed by atoms with Gasteiger partial charge in [0.05, 0.1) is 12.3 Å². The summed E-state index contributed by atoms with van der Waals surface area (Å²) >= 11 is 6.07. The zero-order chi connectivity index (χ0) is 20.0. The normalized spacial score (nSPS) is 12.3. The van der Waals surface area contributed by atoms with E-state index in [0.29, 0.717) is 18.2 Å². The molecule has 1 heterocycles. The predicted molar refractivity (Wildman–Crippen MR) is 127 cm³/mol. The van der Waals surface area contributed by atoms with Crippen LogP contribution in [0.1, 0.15) is 36.4 Å². The summed E-state index contributed by atoms with van der Waals surface area (Å²) in [5.74, 6) is 1.54. The number of nitrogens with one attached hydrogen (secondary N) is 2. The molecule has 1 atom stereocenters. The Morgan fingerprint density at radius 3 is 2.64 bits per heavy atom. The maximum absolute atomic E-state index is 6.07. The molecule has 0 saturated carbocycles. The van der Waals surface area contributed by atoms with Crippen LogP contribution in [0.4, 0.5) is 0 Å². The molecule has 0 bridgehead atoms. The minimum Gasteiger partial charge on any atom is -0.493 e. The fourth-order valence-corrected chi connectivity index (χ4v) is 3.20. The Bertz CT molecular complexity index is 806. The molecule has 6 nitrogen and oxygen atoms in total. The molecule has 0 radical (unpaired) electrons. The lowest BCUT2D eigenvalue weighted by Crippen LogP contribution is -2.42. The van der Waals surface area contributed by atoms with E-state index in [0.717, 1.165) is 29.4 Å². The lowest BCUT2D eigenvalue weighted by Gasteiger charge is -2.19. The quantitative estimate of drug-likeness (QED) is 0.330. The number of nitrogens with zero attached hydrogens (tertiary/aromatic N) is 3. The van der Waals surface area contributed by atoms with Crippen molar-refractivity contribution in [3.8, 4) is 5.75 Å². The zero-order valence-corrected chi connectivity index (χ0v) is 20.6. The van der Waals surface area contributed by atoms with Crippen molar-refractivity contribution < 1.29 is 4.74 Å². The number of halogens is 2. The van der Waals surface area contributed by atoms with Crippen LogP contribution in [0.5, 0.6) is 5.75 Å². The molecular weight excluding hydrogens is 489 g/mol. The van der Waals surface area contributed by atoms with Gasteiger partial charge in [-0.25, -0.2) is 0 Å². The van der Waals surface area contributed by atoms with E-state index < -0.39 is 0 Å². The Hall–Kier alpha value is -1.48. The van der Waals surface area contributed by atoms with Gasteiger partial charge in [0.1, 0.15) is 5.75 Å². The third-order valence-corrected chi connectivity index (χ3v) is 4.79. The van der Waals surface area contributed by atoms with Crippen molar-refractivity contribution in [2.45, 2.75) is 46.7 Å². The van der Waals surface area contributed by atoms with Crippen LogP contribution in [-0.2, 0) is 20.0 Å². The van der Waals surface area contributed by atoms with Gasteiger partial charge in [-0.05, 0) is 51.8 Å². The van der Waals surface area contributed by atoms with Crippen molar-refractivity contribution in [3.63, 3.8) is 0 Å². The first kappa shape index (κ1) is 24.6. The highest BCUT2D eigenvalue weighted by molar-refractivity contribution is 14.0. The average Bonchev–Trinajstić information content (AvgIpc) is 2.86. The van der Waals surface area contributed by atoms with Crippen molar-refractivity contribution in [2.75, 3.05) is 13.7 Å². The molecule has 1 aromatic heterocycles. The fraction of sp³-hybridized carbons (Fsp3) is 0.500. The summed E-state index contributed by atoms with van der Waals surface area (Å²) in [5, 5.41) is 12.0. The number of aromatic nitrogens is 2. The van der Waals surface area contributed by atoms with Crippen LogP contribution < -0.4 is 15.4 Å². The van der Waals surface area contributed by atoms with E-state index in [1.165, 1.54) is 11.3 Å². The number of aliphatic imine (C=N–C) groups is 1. The Balaban J connectivity index is 0.00000392. The molecule has 2 rings (SSSR count). The average molecular weight is 520 g/mol. The van der Waals surface area contributed by atoms with Gasteiger partial charge < -0.3 is 15.4 Å². The summed E-state index contributed by atoms with van der Waals surface area (Å²) in [5.41, 5.74) is 4.60. The molecule has 0 aliphatic rings. The largest absolute Gasteiger partial charge is 0.493 e. The van der Waals surface area contributed by atoms with E-state index in [-0.39, 0.29) is 30.0 Å². The van der Waals surface area contributed by atoms with Gasteiger partial charge in [0.2, 0.25) is 0 Å². The van der Waals surface area contributed by atoms with Gasteiger partial charge in [-0.3, -0.25) is 9.67 Å². The van der Waals surface area contributed by atoms with Crippen LogP contribution in [0.2, 0.25) is 5.02 Å². The van der Waals surface area contributed by atoms with Crippen LogP contribution >= 0.6 is 35.6 Å². The Morgan fingerprint density at radius 1 is 1.36 bits per heavy atom. The first-order valence-electron chi connectivity index (χ1n) is 9.23. The van der Waals surface area contributed by atoms with Crippen molar-refractivity contribution in [1.82, 2.24) is 20.4 Å². The molecule has 0 fully saturated rings. The molecule has 1 aromatic carbocycles. The molecule has 0 spiro atoms. The summed E-state index contributed by atoms with van der Waals surface area (Å²) in [6.07, 6.45) is 0.886. The van der Waals surface area contributed by atoms with Crippen molar-refractivity contribution in [1.29, 1.82) is 0 Å². The summed E-state index contributed by atoms with van der Waals surface area (Å²) in [6, 6.07) is 5.90. The monoisotopic (exact) mass is 519 g/mol. The van der Waals surface area contributed by atoms with Crippen LogP contribution in [0.25, 0.3) is 0 Å². The number of hydrogen-bond acceptors (Lipinski definition) is 3. The number of guanidine groups is 1. The van der Waals surface area contributed by atoms with E-state index in [2.05, 4.69) is 41.5 Å². The zero-order valence-electron chi connectivity index (χ0n) is 17.5. The molecule has 156 valence electrons. The third-order valence-electron chi connectivity index (χ3n) is 4.55. The molecular formula is C20H31ClIN5O. The highest BCUT2D eigenvalue weighted by Gasteiger charge is 2.14. The highest BCUT2D eigenvalue weighted by atomic mass is 127. The smallest absolute Gasteiger partial charge is 0.191 e. The Morgan fingerprint density at radius 2 is 2.07 bits per heavy atom.